The van der Waals surface area contributed by atoms with Gasteiger partial charge in [-0.05, 0) is 36.6 Å². The molecular formula is C13H21N3O2S2. The Kier molecular flexibility index (Phi) is 5.42. The summed E-state index contributed by atoms with van der Waals surface area (Å²) < 4.78 is 27.2. The third kappa shape index (κ3) is 3.94. The summed E-state index contributed by atoms with van der Waals surface area (Å²) in [5.74, 6) is 1.08. The molecule has 5 nitrogen and oxygen atoms in total. The molecule has 0 spiro atoms. The minimum atomic E-state index is -3.52. The first-order valence-corrected chi connectivity index (χ1v) is 9.37. The van der Waals surface area contributed by atoms with Gasteiger partial charge in [-0.1, -0.05) is 13.0 Å². The molecule has 7 heteroatoms. The summed E-state index contributed by atoms with van der Waals surface area (Å²) in [5.41, 5.74) is 6.30. The molecule has 0 saturated heterocycles. The largest absolute Gasteiger partial charge is 0.326 e. The van der Waals surface area contributed by atoms with Crippen LogP contribution < -0.4 is 10.5 Å². The highest BCUT2D eigenvalue weighted by molar-refractivity contribution is 7.99. The maximum absolute atomic E-state index is 12.2. The first-order chi connectivity index (χ1) is 9.55. The quantitative estimate of drug-likeness (QED) is 0.831. The van der Waals surface area contributed by atoms with Gasteiger partial charge < -0.3 is 5.73 Å². The van der Waals surface area contributed by atoms with Gasteiger partial charge in [0.25, 0.3) is 10.0 Å². The predicted molar refractivity (Wildman–Crippen MR) is 82.0 cm³/mol. The molecule has 3 N–H and O–H groups in total. The molecule has 0 aliphatic heterocycles. The van der Waals surface area contributed by atoms with Crippen LogP contribution in [0.5, 0.6) is 0 Å². The van der Waals surface area contributed by atoms with E-state index in [4.69, 9.17) is 5.73 Å². The number of rotatable bonds is 6. The molecule has 1 aliphatic rings. The molecule has 1 aromatic heterocycles. The molecule has 1 aliphatic carbocycles. The number of pyridine rings is 1. The zero-order chi connectivity index (χ0) is 14.6. The summed E-state index contributed by atoms with van der Waals surface area (Å²) in [4.78, 5) is 3.98. The molecule has 0 aromatic carbocycles. The van der Waals surface area contributed by atoms with Crippen molar-refractivity contribution in [2.75, 3.05) is 5.75 Å². The highest BCUT2D eigenvalue weighted by Crippen LogP contribution is 2.30. The van der Waals surface area contributed by atoms with Gasteiger partial charge in [-0.15, -0.1) is 0 Å². The van der Waals surface area contributed by atoms with E-state index in [-0.39, 0.29) is 11.1 Å². The highest BCUT2D eigenvalue weighted by atomic mass is 32.2. The van der Waals surface area contributed by atoms with Crippen molar-refractivity contribution in [2.24, 2.45) is 5.73 Å². The summed E-state index contributed by atoms with van der Waals surface area (Å²) in [6.07, 6.45) is 4.39. The Labute approximate surface area is 124 Å². The predicted octanol–water partition coefficient (Wildman–Crippen LogP) is 1.49. The van der Waals surface area contributed by atoms with E-state index in [1.165, 1.54) is 12.3 Å². The molecule has 0 bridgehead atoms. The van der Waals surface area contributed by atoms with E-state index >= 15 is 0 Å². The third-order valence-electron chi connectivity index (χ3n) is 3.42. The first-order valence-electron chi connectivity index (χ1n) is 6.84. The number of sulfonamides is 1. The van der Waals surface area contributed by atoms with Gasteiger partial charge in [0.2, 0.25) is 0 Å². The van der Waals surface area contributed by atoms with Gasteiger partial charge in [-0.3, -0.25) is 0 Å². The molecule has 1 heterocycles. The fourth-order valence-corrected chi connectivity index (χ4v) is 4.76. The molecule has 112 valence electrons. The van der Waals surface area contributed by atoms with Crippen molar-refractivity contribution in [1.29, 1.82) is 0 Å². The van der Waals surface area contributed by atoms with E-state index in [1.54, 1.807) is 6.07 Å². The first kappa shape index (κ1) is 15.8. The number of hydrogen-bond acceptors (Lipinski definition) is 5. The van der Waals surface area contributed by atoms with Crippen molar-refractivity contribution in [1.82, 2.24) is 9.71 Å². The average molecular weight is 315 g/mol. The molecule has 2 rings (SSSR count). The number of hydrogen-bond donors (Lipinski definition) is 2. The number of aromatic nitrogens is 1. The molecule has 2 unspecified atom stereocenters. The summed E-state index contributed by atoms with van der Waals surface area (Å²) in [6.45, 7) is 2.49. The zero-order valence-corrected chi connectivity index (χ0v) is 13.2. The monoisotopic (exact) mass is 315 g/mol. The molecule has 0 radical (unpaired) electrons. The zero-order valence-electron chi connectivity index (χ0n) is 11.6. The van der Waals surface area contributed by atoms with Gasteiger partial charge >= 0.3 is 0 Å². The average Bonchev–Trinajstić information content (AvgIpc) is 2.86. The normalized spacial score (nSPS) is 23.1. The summed E-state index contributed by atoms with van der Waals surface area (Å²) >= 11 is 1.91. The molecule has 1 fully saturated rings. The SMILES string of the molecule is CCSC1CCC(NS(=O)(=O)c2ccc(CN)cn2)C1. The van der Waals surface area contributed by atoms with Crippen LogP contribution in [0.3, 0.4) is 0 Å². The number of nitrogens with two attached hydrogens (primary N) is 1. The van der Waals surface area contributed by atoms with Crippen LogP contribution >= 0.6 is 11.8 Å². The second-order valence-corrected chi connectivity index (χ2v) is 8.16. The number of nitrogens with one attached hydrogen (secondary N) is 1. The lowest BCUT2D eigenvalue weighted by Crippen LogP contribution is -2.33. The summed E-state index contributed by atoms with van der Waals surface area (Å²) in [7, 11) is -3.52. The Balaban J connectivity index is 2.00. The van der Waals surface area contributed by atoms with Gasteiger partial charge in [0, 0.05) is 24.0 Å². The van der Waals surface area contributed by atoms with Gasteiger partial charge in [0.1, 0.15) is 0 Å². The second-order valence-electron chi connectivity index (χ2n) is 4.92. The number of nitrogens with zero attached hydrogens (tertiary/aromatic N) is 1. The Morgan fingerprint density at radius 3 is 2.85 bits per heavy atom. The third-order valence-corrected chi connectivity index (χ3v) is 6.09. The van der Waals surface area contributed by atoms with Crippen LogP contribution in [0.1, 0.15) is 31.7 Å². The molecule has 2 atom stereocenters. The molecule has 20 heavy (non-hydrogen) atoms. The van der Waals surface area contributed by atoms with Gasteiger partial charge in [0.15, 0.2) is 5.03 Å². The minimum absolute atomic E-state index is 0.0278. The van der Waals surface area contributed by atoms with Crippen molar-refractivity contribution < 1.29 is 8.42 Å². The van der Waals surface area contributed by atoms with Gasteiger partial charge in [-0.25, -0.2) is 18.1 Å². The molecule has 0 amide bonds. The van der Waals surface area contributed by atoms with Crippen LogP contribution in [0, 0.1) is 0 Å². The Morgan fingerprint density at radius 1 is 1.45 bits per heavy atom. The minimum Gasteiger partial charge on any atom is -0.326 e. The molecule has 1 saturated carbocycles. The van der Waals surface area contributed by atoms with E-state index in [1.807, 2.05) is 11.8 Å². The topological polar surface area (TPSA) is 85.1 Å². The van der Waals surface area contributed by atoms with E-state index in [9.17, 15) is 8.42 Å². The highest BCUT2D eigenvalue weighted by Gasteiger charge is 2.29. The fraction of sp³-hybridized carbons (Fsp3) is 0.615. The summed E-state index contributed by atoms with van der Waals surface area (Å²) in [6, 6.07) is 3.24. The van der Waals surface area contributed by atoms with Gasteiger partial charge in [-0.2, -0.15) is 11.8 Å². The van der Waals surface area contributed by atoms with Crippen LogP contribution in [0.15, 0.2) is 23.4 Å². The van der Waals surface area contributed by atoms with Crippen LogP contribution in [0.2, 0.25) is 0 Å². The number of thioether (sulfide) groups is 1. The Hall–Kier alpha value is -0.630. The van der Waals surface area contributed by atoms with E-state index < -0.39 is 10.0 Å². The van der Waals surface area contributed by atoms with Crippen molar-refractivity contribution in [2.45, 2.75) is 49.0 Å². The van der Waals surface area contributed by atoms with Crippen molar-refractivity contribution in [3.63, 3.8) is 0 Å². The molecular weight excluding hydrogens is 294 g/mol. The van der Waals surface area contributed by atoms with Crippen LogP contribution in [0.25, 0.3) is 0 Å². The standard InChI is InChI=1S/C13H21N3O2S2/c1-2-19-12-5-4-11(7-12)16-20(17,18)13-6-3-10(8-14)9-15-13/h3,6,9,11-12,16H,2,4-5,7-8,14H2,1H3. The van der Waals surface area contributed by atoms with Crippen molar-refractivity contribution in [3.8, 4) is 0 Å². The van der Waals surface area contributed by atoms with Crippen LogP contribution in [-0.4, -0.2) is 30.4 Å². The Morgan fingerprint density at radius 2 is 2.25 bits per heavy atom. The van der Waals surface area contributed by atoms with Crippen LogP contribution in [0.4, 0.5) is 0 Å². The maximum Gasteiger partial charge on any atom is 0.258 e. The lowest BCUT2D eigenvalue weighted by molar-refractivity contribution is 0.549. The smallest absolute Gasteiger partial charge is 0.258 e. The van der Waals surface area contributed by atoms with E-state index in [2.05, 4.69) is 16.6 Å². The Bertz CT molecular complexity index is 531. The molecule has 1 aromatic rings. The van der Waals surface area contributed by atoms with Crippen molar-refractivity contribution >= 4 is 21.8 Å². The fourth-order valence-electron chi connectivity index (χ4n) is 2.40. The van der Waals surface area contributed by atoms with Gasteiger partial charge in [0.05, 0.1) is 0 Å². The maximum atomic E-state index is 12.2. The second kappa shape index (κ2) is 6.89. The van der Waals surface area contributed by atoms with E-state index in [0.717, 1.165) is 30.6 Å². The lowest BCUT2D eigenvalue weighted by atomic mass is 10.3. The van der Waals surface area contributed by atoms with Crippen molar-refractivity contribution in [3.05, 3.63) is 23.9 Å². The lowest BCUT2D eigenvalue weighted by Gasteiger charge is -2.13. The van der Waals surface area contributed by atoms with E-state index in [0.29, 0.717) is 11.8 Å². The van der Waals surface area contributed by atoms with Crippen LogP contribution in [-0.2, 0) is 16.6 Å². The summed E-state index contributed by atoms with van der Waals surface area (Å²) in [5, 5.41) is 0.640.